The summed E-state index contributed by atoms with van der Waals surface area (Å²) in [6.45, 7) is 2.68. The van der Waals surface area contributed by atoms with Crippen molar-refractivity contribution in [2.45, 2.75) is 19.5 Å². The number of rotatable bonds is 4. The molecule has 0 aliphatic rings. The van der Waals surface area contributed by atoms with Crippen LogP contribution in [0, 0.1) is 0 Å². The third kappa shape index (κ3) is 3.53. The maximum atomic E-state index is 12.5. The highest BCUT2D eigenvalue weighted by atomic mass is 19.4. The first kappa shape index (κ1) is 14.4. The summed E-state index contributed by atoms with van der Waals surface area (Å²) in [7, 11) is 0. The molecule has 0 aromatic heterocycles. The van der Waals surface area contributed by atoms with E-state index in [-0.39, 0.29) is 0 Å². The Hall–Kier alpha value is -1.97. The molecule has 0 bridgehead atoms. The molecule has 20 heavy (non-hydrogen) atoms. The van der Waals surface area contributed by atoms with E-state index in [0.717, 1.165) is 35.4 Å². The number of hydrogen-bond donors (Lipinski definition) is 0. The predicted molar refractivity (Wildman–Crippen MR) is 72.7 cm³/mol. The molecule has 106 valence electrons. The van der Waals surface area contributed by atoms with Gasteiger partial charge >= 0.3 is 6.18 Å². The van der Waals surface area contributed by atoms with Crippen LogP contribution >= 0.6 is 0 Å². The van der Waals surface area contributed by atoms with E-state index in [9.17, 15) is 13.2 Å². The maximum absolute atomic E-state index is 12.5. The third-order valence-corrected chi connectivity index (χ3v) is 2.87. The van der Waals surface area contributed by atoms with Gasteiger partial charge in [0.05, 0.1) is 12.2 Å². The van der Waals surface area contributed by atoms with E-state index in [2.05, 4.69) is 0 Å². The van der Waals surface area contributed by atoms with Crippen molar-refractivity contribution >= 4 is 0 Å². The zero-order valence-corrected chi connectivity index (χ0v) is 11.1. The minimum absolute atomic E-state index is 0.635. The second-order valence-corrected chi connectivity index (χ2v) is 4.45. The summed E-state index contributed by atoms with van der Waals surface area (Å²) < 4.78 is 42.9. The van der Waals surface area contributed by atoms with E-state index in [1.807, 2.05) is 31.2 Å². The Morgan fingerprint density at radius 1 is 0.850 bits per heavy atom. The van der Waals surface area contributed by atoms with Gasteiger partial charge in [-0.05, 0) is 41.8 Å². The van der Waals surface area contributed by atoms with Crippen molar-refractivity contribution in [2.24, 2.45) is 0 Å². The van der Waals surface area contributed by atoms with Gasteiger partial charge in [-0.2, -0.15) is 13.2 Å². The van der Waals surface area contributed by atoms with E-state index in [1.165, 1.54) is 12.1 Å². The zero-order valence-electron chi connectivity index (χ0n) is 11.1. The summed E-state index contributed by atoms with van der Waals surface area (Å²) in [4.78, 5) is 0. The van der Waals surface area contributed by atoms with Crippen LogP contribution < -0.4 is 4.74 Å². The molecule has 0 saturated heterocycles. The van der Waals surface area contributed by atoms with E-state index in [0.29, 0.717) is 6.61 Å². The molecule has 0 spiro atoms. The lowest BCUT2D eigenvalue weighted by Crippen LogP contribution is -2.03. The largest absolute Gasteiger partial charge is 0.494 e. The minimum Gasteiger partial charge on any atom is -0.494 e. The molecule has 4 heteroatoms. The number of ether oxygens (including phenoxy) is 1. The molecule has 0 N–H and O–H groups in total. The molecular weight excluding hydrogens is 265 g/mol. The molecule has 0 fully saturated rings. The molecule has 0 saturated carbocycles. The van der Waals surface area contributed by atoms with Gasteiger partial charge in [-0.3, -0.25) is 0 Å². The Morgan fingerprint density at radius 2 is 1.35 bits per heavy atom. The lowest BCUT2D eigenvalue weighted by Gasteiger charge is -2.09. The molecule has 0 radical (unpaired) electrons. The van der Waals surface area contributed by atoms with Gasteiger partial charge in [0, 0.05) is 0 Å². The van der Waals surface area contributed by atoms with Gasteiger partial charge in [0.2, 0.25) is 0 Å². The van der Waals surface area contributed by atoms with Crippen molar-refractivity contribution in [3.63, 3.8) is 0 Å². The van der Waals surface area contributed by atoms with Gasteiger partial charge in [0.15, 0.2) is 0 Å². The van der Waals surface area contributed by atoms with Crippen molar-refractivity contribution in [2.75, 3.05) is 6.61 Å². The lowest BCUT2D eigenvalue weighted by atomic mass is 10.0. The van der Waals surface area contributed by atoms with Crippen LogP contribution in [-0.2, 0) is 6.18 Å². The molecule has 0 unspecified atom stereocenters. The van der Waals surface area contributed by atoms with Crippen LogP contribution in [-0.4, -0.2) is 6.61 Å². The van der Waals surface area contributed by atoms with Crippen LogP contribution in [0.4, 0.5) is 13.2 Å². The van der Waals surface area contributed by atoms with Gasteiger partial charge in [0.25, 0.3) is 0 Å². The Bertz CT molecular complexity index is 541. The van der Waals surface area contributed by atoms with Crippen LogP contribution in [0.5, 0.6) is 5.75 Å². The summed E-state index contributed by atoms with van der Waals surface area (Å²) in [5, 5.41) is 0. The standard InChI is InChI=1S/C16H15F3O/c1-2-11-20-15-9-5-13(6-10-15)12-3-7-14(8-4-12)16(17,18)19/h3-10H,2,11H2,1H3. The molecular formula is C16H15F3O. The number of alkyl halides is 3. The van der Waals surface area contributed by atoms with E-state index in [4.69, 9.17) is 4.74 Å². The van der Waals surface area contributed by atoms with Crippen LogP contribution in [0.25, 0.3) is 11.1 Å². The minimum atomic E-state index is -4.30. The molecule has 0 aliphatic heterocycles. The lowest BCUT2D eigenvalue weighted by molar-refractivity contribution is -0.137. The number of benzene rings is 2. The monoisotopic (exact) mass is 280 g/mol. The second kappa shape index (κ2) is 5.99. The third-order valence-electron chi connectivity index (χ3n) is 2.87. The maximum Gasteiger partial charge on any atom is 0.416 e. The number of halogens is 3. The van der Waals surface area contributed by atoms with Crippen LogP contribution in [0.3, 0.4) is 0 Å². The molecule has 2 aromatic carbocycles. The summed E-state index contributed by atoms with van der Waals surface area (Å²) in [5.41, 5.74) is 0.978. The fourth-order valence-corrected chi connectivity index (χ4v) is 1.82. The molecule has 0 amide bonds. The average molecular weight is 280 g/mol. The Labute approximate surface area is 116 Å². The highest BCUT2D eigenvalue weighted by molar-refractivity contribution is 5.64. The smallest absolute Gasteiger partial charge is 0.416 e. The molecule has 2 rings (SSSR count). The molecule has 0 heterocycles. The van der Waals surface area contributed by atoms with Crippen molar-refractivity contribution < 1.29 is 17.9 Å². The highest BCUT2D eigenvalue weighted by Crippen LogP contribution is 2.31. The van der Waals surface area contributed by atoms with Gasteiger partial charge in [-0.1, -0.05) is 31.2 Å². The topological polar surface area (TPSA) is 9.23 Å². The average Bonchev–Trinajstić information content (AvgIpc) is 2.45. The molecule has 0 atom stereocenters. The normalized spacial score (nSPS) is 11.4. The highest BCUT2D eigenvalue weighted by Gasteiger charge is 2.29. The molecule has 2 aromatic rings. The first-order chi connectivity index (χ1) is 9.50. The fraction of sp³-hybridized carbons (Fsp3) is 0.250. The van der Waals surface area contributed by atoms with Crippen LogP contribution in [0.15, 0.2) is 48.5 Å². The number of hydrogen-bond acceptors (Lipinski definition) is 1. The van der Waals surface area contributed by atoms with Gasteiger partial charge in [-0.15, -0.1) is 0 Å². The van der Waals surface area contributed by atoms with Crippen molar-refractivity contribution in [1.29, 1.82) is 0 Å². The molecule has 1 nitrogen and oxygen atoms in total. The Kier molecular flexibility index (Phi) is 4.32. The zero-order chi connectivity index (χ0) is 14.6. The first-order valence-corrected chi connectivity index (χ1v) is 6.41. The molecule has 0 aliphatic carbocycles. The van der Waals surface area contributed by atoms with Crippen LogP contribution in [0.2, 0.25) is 0 Å². The van der Waals surface area contributed by atoms with Gasteiger partial charge in [-0.25, -0.2) is 0 Å². The predicted octanol–water partition coefficient (Wildman–Crippen LogP) is 5.16. The second-order valence-electron chi connectivity index (χ2n) is 4.45. The summed E-state index contributed by atoms with van der Waals surface area (Å²) in [6, 6.07) is 12.5. The van der Waals surface area contributed by atoms with Crippen LogP contribution in [0.1, 0.15) is 18.9 Å². The van der Waals surface area contributed by atoms with Gasteiger partial charge in [0.1, 0.15) is 5.75 Å². The fourth-order valence-electron chi connectivity index (χ4n) is 1.82. The summed E-state index contributed by atoms with van der Waals surface area (Å²) in [5.74, 6) is 0.766. The summed E-state index contributed by atoms with van der Waals surface area (Å²) in [6.07, 6.45) is -3.36. The SMILES string of the molecule is CCCOc1ccc(-c2ccc(C(F)(F)F)cc2)cc1. The van der Waals surface area contributed by atoms with E-state index in [1.54, 1.807) is 0 Å². The first-order valence-electron chi connectivity index (χ1n) is 6.41. The summed E-state index contributed by atoms with van der Waals surface area (Å²) >= 11 is 0. The Morgan fingerprint density at radius 3 is 1.80 bits per heavy atom. The quantitative estimate of drug-likeness (QED) is 0.751. The van der Waals surface area contributed by atoms with Crippen molar-refractivity contribution in [1.82, 2.24) is 0 Å². The van der Waals surface area contributed by atoms with Gasteiger partial charge < -0.3 is 4.74 Å². The van der Waals surface area contributed by atoms with Crippen molar-refractivity contribution in [3.8, 4) is 16.9 Å². The van der Waals surface area contributed by atoms with E-state index >= 15 is 0 Å². The van der Waals surface area contributed by atoms with Crippen molar-refractivity contribution in [3.05, 3.63) is 54.1 Å². The Balaban J connectivity index is 2.15. The van der Waals surface area contributed by atoms with E-state index < -0.39 is 11.7 Å².